The van der Waals surface area contributed by atoms with E-state index in [0.29, 0.717) is 5.02 Å². The van der Waals surface area contributed by atoms with Gasteiger partial charge in [0.1, 0.15) is 11.0 Å². The smallest absolute Gasteiger partial charge is 0.125 e. The van der Waals surface area contributed by atoms with Gasteiger partial charge in [0.25, 0.3) is 0 Å². The third-order valence-electron chi connectivity index (χ3n) is 2.13. The molecule has 0 aliphatic heterocycles. The van der Waals surface area contributed by atoms with Gasteiger partial charge in [0.05, 0.1) is 4.90 Å². The van der Waals surface area contributed by atoms with Crippen LogP contribution in [0.15, 0.2) is 17.0 Å². The van der Waals surface area contributed by atoms with Gasteiger partial charge in [-0.05, 0) is 51.8 Å². The van der Waals surface area contributed by atoms with Crippen LogP contribution in [0.25, 0.3) is 0 Å². The second-order valence-corrected chi connectivity index (χ2v) is 6.50. The molecule has 0 saturated heterocycles. The maximum absolute atomic E-state index is 12.1. The van der Waals surface area contributed by atoms with Crippen LogP contribution in [0.3, 0.4) is 0 Å². The molecule has 0 radical (unpaired) electrons. The van der Waals surface area contributed by atoms with Gasteiger partial charge in [-0.15, -0.1) is 0 Å². The summed E-state index contributed by atoms with van der Waals surface area (Å²) in [6.07, 6.45) is 0. The Morgan fingerprint density at radius 3 is 2.11 bits per heavy atom. The third kappa shape index (κ3) is 5.09. The van der Waals surface area contributed by atoms with Gasteiger partial charge in [0.15, 0.2) is 0 Å². The van der Waals surface area contributed by atoms with Crippen molar-refractivity contribution >= 4 is 22.6 Å². The van der Waals surface area contributed by atoms with Crippen LogP contribution in [0, 0.1) is 13.8 Å². The minimum atomic E-state index is -1.22. The molecule has 0 amide bonds. The van der Waals surface area contributed by atoms with E-state index < -0.39 is 11.0 Å². The van der Waals surface area contributed by atoms with Crippen molar-refractivity contribution in [3.63, 3.8) is 0 Å². The van der Waals surface area contributed by atoms with E-state index in [0.717, 1.165) is 16.0 Å². The Hall–Kier alpha value is -0.380. The molecule has 1 unspecified atom stereocenters. The Labute approximate surface area is 119 Å². The van der Waals surface area contributed by atoms with Gasteiger partial charge < -0.3 is 0 Å². The summed E-state index contributed by atoms with van der Waals surface area (Å²) in [5, 5.41) is 0.696. The van der Waals surface area contributed by atoms with E-state index in [9.17, 15) is 4.21 Å². The van der Waals surface area contributed by atoms with Crippen molar-refractivity contribution in [2.24, 2.45) is 0 Å². The van der Waals surface area contributed by atoms with Crippen LogP contribution < -0.4 is 4.72 Å². The molecule has 0 aromatic heterocycles. The Balaban J connectivity index is 0.00000137. The summed E-state index contributed by atoms with van der Waals surface area (Å²) in [6, 6.07) is 3.76. The first-order valence-electron chi connectivity index (χ1n) is 6.17. The van der Waals surface area contributed by atoms with Gasteiger partial charge in [-0.25, -0.2) is 8.93 Å². The van der Waals surface area contributed by atoms with Crippen molar-refractivity contribution in [2.75, 3.05) is 0 Å². The van der Waals surface area contributed by atoms with Crippen LogP contribution in [0.1, 0.15) is 45.7 Å². The highest BCUT2D eigenvalue weighted by molar-refractivity contribution is 7.83. The molecule has 0 aliphatic rings. The number of benzene rings is 1. The second-order valence-electron chi connectivity index (χ2n) is 4.94. The maximum atomic E-state index is 12.1. The quantitative estimate of drug-likeness (QED) is 0.859. The monoisotopic (exact) mass is 289 g/mol. The van der Waals surface area contributed by atoms with Crippen LogP contribution in [-0.2, 0) is 11.0 Å². The molecule has 1 rings (SSSR count). The minimum Gasteiger partial charge on any atom is -0.237 e. The lowest BCUT2D eigenvalue weighted by Crippen LogP contribution is -2.37. The Bertz CT molecular complexity index is 425. The molecule has 0 aliphatic carbocycles. The minimum absolute atomic E-state index is 0.186. The summed E-state index contributed by atoms with van der Waals surface area (Å²) in [5.74, 6) is 0. The molecular weight excluding hydrogens is 266 g/mol. The lowest BCUT2D eigenvalue weighted by atomic mass is 10.1. The highest BCUT2D eigenvalue weighted by atomic mass is 35.5. The maximum Gasteiger partial charge on any atom is 0.125 e. The van der Waals surface area contributed by atoms with E-state index in [4.69, 9.17) is 11.6 Å². The molecule has 0 spiro atoms. The van der Waals surface area contributed by atoms with E-state index in [1.54, 1.807) is 0 Å². The van der Waals surface area contributed by atoms with Gasteiger partial charge in [-0.3, -0.25) is 0 Å². The van der Waals surface area contributed by atoms with Crippen molar-refractivity contribution in [1.82, 2.24) is 4.72 Å². The summed E-state index contributed by atoms with van der Waals surface area (Å²) in [7, 11) is -1.22. The average molecular weight is 290 g/mol. The summed E-state index contributed by atoms with van der Waals surface area (Å²) in [6.45, 7) is 13.8. The van der Waals surface area contributed by atoms with Gasteiger partial charge in [0.2, 0.25) is 0 Å². The zero-order valence-electron chi connectivity index (χ0n) is 12.3. The fourth-order valence-electron chi connectivity index (χ4n) is 1.34. The molecule has 1 N–H and O–H groups in total. The molecular formula is C14H24ClNOS. The third-order valence-corrected chi connectivity index (χ3v) is 4.35. The van der Waals surface area contributed by atoms with Gasteiger partial charge >= 0.3 is 0 Å². The highest BCUT2D eigenvalue weighted by Crippen LogP contribution is 2.25. The second kappa shape index (κ2) is 7.27. The van der Waals surface area contributed by atoms with E-state index in [2.05, 4.69) is 4.72 Å². The molecule has 1 aromatic rings. The number of halogens is 1. The van der Waals surface area contributed by atoms with Crippen molar-refractivity contribution in [1.29, 1.82) is 0 Å². The molecule has 1 aromatic carbocycles. The summed E-state index contributed by atoms with van der Waals surface area (Å²) in [5.41, 5.74) is 1.71. The molecule has 4 heteroatoms. The predicted octanol–water partition coefficient (Wildman–Crippen LogP) is 4.39. The topological polar surface area (TPSA) is 29.1 Å². The van der Waals surface area contributed by atoms with Crippen molar-refractivity contribution in [3.05, 3.63) is 28.3 Å². The first-order chi connectivity index (χ1) is 8.22. The van der Waals surface area contributed by atoms with E-state index in [1.807, 2.05) is 60.6 Å². The molecule has 1 atom stereocenters. The van der Waals surface area contributed by atoms with Crippen LogP contribution in [0.4, 0.5) is 0 Å². The summed E-state index contributed by atoms with van der Waals surface area (Å²) in [4.78, 5) is 0.755. The van der Waals surface area contributed by atoms with Gasteiger partial charge in [-0.1, -0.05) is 31.5 Å². The predicted molar refractivity (Wildman–Crippen MR) is 81.6 cm³/mol. The van der Waals surface area contributed by atoms with Gasteiger partial charge in [-0.2, -0.15) is 0 Å². The highest BCUT2D eigenvalue weighted by Gasteiger charge is 2.17. The number of hydrogen-bond acceptors (Lipinski definition) is 1. The van der Waals surface area contributed by atoms with Crippen LogP contribution in [0.5, 0.6) is 0 Å². The van der Waals surface area contributed by atoms with Crippen LogP contribution in [0.2, 0.25) is 5.02 Å². The molecule has 18 heavy (non-hydrogen) atoms. The Morgan fingerprint density at radius 1 is 1.17 bits per heavy atom. The fourth-order valence-corrected chi connectivity index (χ4v) is 2.80. The number of aryl methyl sites for hydroxylation is 1. The first-order valence-corrected chi connectivity index (χ1v) is 7.70. The molecule has 0 bridgehead atoms. The van der Waals surface area contributed by atoms with Crippen LogP contribution in [-0.4, -0.2) is 9.75 Å². The number of hydrogen-bond donors (Lipinski definition) is 1. The Morgan fingerprint density at radius 2 is 1.67 bits per heavy atom. The van der Waals surface area contributed by atoms with E-state index in [1.165, 1.54) is 0 Å². The standard InChI is InChI=1S/C12H18ClNOS.C2H6/c1-8-6-7-10(9(2)11(8)13)16(15)14-12(3,4)5;1-2/h6-7,14H,1-5H3;1-2H3. The Kier molecular flexibility index (Phi) is 7.11. The van der Waals surface area contributed by atoms with Gasteiger partial charge in [0, 0.05) is 10.6 Å². The summed E-state index contributed by atoms with van der Waals surface area (Å²) >= 11 is 6.14. The number of nitrogens with one attached hydrogen (secondary N) is 1. The fraction of sp³-hybridized carbons (Fsp3) is 0.571. The molecule has 0 heterocycles. The number of rotatable bonds is 2. The molecule has 2 nitrogen and oxygen atoms in total. The van der Waals surface area contributed by atoms with Crippen molar-refractivity contribution < 1.29 is 4.21 Å². The molecule has 104 valence electrons. The zero-order valence-corrected chi connectivity index (χ0v) is 13.9. The lowest BCUT2D eigenvalue weighted by molar-refractivity contribution is 0.519. The summed E-state index contributed by atoms with van der Waals surface area (Å²) < 4.78 is 15.1. The SMILES string of the molecule is CC.Cc1ccc(S(=O)NC(C)(C)C)c(C)c1Cl. The molecule has 0 fully saturated rings. The first kappa shape index (κ1) is 17.6. The van der Waals surface area contributed by atoms with Crippen molar-refractivity contribution in [2.45, 2.75) is 58.9 Å². The average Bonchev–Trinajstić information content (AvgIpc) is 2.26. The molecule has 0 saturated carbocycles. The largest absolute Gasteiger partial charge is 0.237 e. The van der Waals surface area contributed by atoms with E-state index >= 15 is 0 Å². The zero-order chi connectivity index (χ0) is 14.5. The van der Waals surface area contributed by atoms with Crippen molar-refractivity contribution in [3.8, 4) is 0 Å². The van der Waals surface area contributed by atoms with E-state index in [-0.39, 0.29) is 5.54 Å². The van der Waals surface area contributed by atoms with Crippen LogP contribution >= 0.6 is 11.6 Å². The normalized spacial score (nSPS) is 12.7. The lowest BCUT2D eigenvalue weighted by Gasteiger charge is -2.20.